The number of fused-ring (bicyclic) bond motifs is 1. The molecule has 0 spiro atoms. The Balaban J connectivity index is 2.13. The van der Waals surface area contributed by atoms with Gasteiger partial charge in [0.05, 0.1) is 0 Å². The molecule has 104 valence electrons. The van der Waals surface area contributed by atoms with Crippen molar-refractivity contribution >= 4 is 0 Å². The molecule has 0 unspecified atom stereocenters. The van der Waals surface area contributed by atoms with Crippen molar-refractivity contribution in [1.29, 1.82) is 0 Å². The Morgan fingerprint density at radius 1 is 1.20 bits per heavy atom. The first-order chi connectivity index (χ1) is 9.67. The van der Waals surface area contributed by atoms with Gasteiger partial charge < -0.3 is 10.6 Å². The summed E-state index contributed by atoms with van der Waals surface area (Å²) in [6.07, 6.45) is 1.13. The van der Waals surface area contributed by atoms with E-state index in [9.17, 15) is 0 Å². The van der Waals surface area contributed by atoms with Crippen LogP contribution in [0.2, 0.25) is 0 Å². The van der Waals surface area contributed by atoms with Gasteiger partial charge in [-0.05, 0) is 54.3 Å². The monoisotopic (exact) mass is 266 g/mol. The highest BCUT2D eigenvalue weighted by Crippen LogP contribution is 2.31. The molecule has 1 aliphatic heterocycles. The first-order valence-electron chi connectivity index (χ1n) is 7.27. The second-order valence-corrected chi connectivity index (χ2v) is 5.84. The summed E-state index contributed by atoms with van der Waals surface area (Å²) in [5, 5.41) is 0. The maximum atomic E-state index is 5.78. The summed E-state index contributed by atoms with van der Waals surface area (Å²) in [4.78, 5) is 2.39. The van der Waals surface area contributed by atoms with Crippen molar-refractivity contribution in [3.8, 4) is 11.1 Å². The van der Waals surface area contributed by atoms with Crippen LogP contribution in [0, 0.1) is 6.92 Å². The van der Waals surface area contributed by atoms with E-state index in [1.54, 1.807) is 0 Å². The molecule has 2 nitrogen and oxygen atoms in total. The van der Waals surface area contributed by atoms with Crippen LogP contribution in [0.3, 0.4) is 0 Å². The summed E-state index contributed by atoms with van der Waals surface area (Å²) >= 11 is 0. The van der Waals surface area contributed by atoms with Crippen molar-refractivity contribution in [2.45, 2.75) is 26.4 Å². The highest BCUT2D eigenvalue weighted by molar-refractivity contribution is 5.70. The lowest BCUT2D eigenvalue weighted by Gasteiger charge is -2.27. The second kappa shape index (κ2) is 5.39. The van der Waals surface area contributed by atoms with E-state index in [0.29, 0.717) is 6.54 Å². The van der Waals surface area contributed by atoms with E-state index in [1.807, 2.05) is 0 Å². The van der Waals surface area contributed by atoms with Crippen molar-refractivity contribution in [2.24, 2.45) is 5.73 Å². The Hall–Kier alpha value is -1.64. The maximum Gasteiger partial charge on any atom is 0.0233 e. The molecule has 20 heavy (non-hydrogen) atoms. The van der Waals surface area contributed by atoms with Gasteiger partial charge in [0.1, 0.15) is 0 Å². The minimum atomic E-state index is 0.602. The van der Waals surface area contributed by atoms with Crippen LogP contribution in [0.4, 0.5) is 0 Å². The van der Waals surface area contributed by atoms with Crippen molar-refractivity contribution < 1.29 is 0 Å². The van der Waals surface area contributed by atoms with Gasteiger partial charge in [-0.1, -0.05) is 35.9 Å². The Morgan fingerprint density at radius 3 is 2.85 bits per heavy atom. The zero-order valence-corrected chi connectivity index (χ0v) is 12.3. The molecule has 1 aliphatic rings. The Morgan fingerprint density at radius 2 is 2.05 bits per heavy atom. The van der Waals surface area contributed by atoms with E-state index < -0.39 is 0 Å². The molecule has 0 fully saturated rings. The fraction of sp³-hybridized carbons (Fsp3) is 0.333. The molecule has 0 saturated carbocycles. The second-order valence-electron chi connectivity index (χ2n) is 5.84. The van der Waals surface area contributed by atoms with Crippen LogP contribution in [0.1, 0.15) is 22.3 Å². The van der Waals surface area contributed by atoms with Gasteiger partial charge >= 0.3 is 0 Å². The lowest BCUT2D eigenvalue weighted by atomic mass is 9.88. The van der Waals surface area contributed by atoms with Gasteiger partial charge in [-0.25, -0.2) is 0 Å². The zero-order chi connectivity index (χ0) is 14.1. The van der Waals surface area contributed by atoms with E-state index in [4.69, 9.17) is 5.73 Å². The SMILES string of the molecule is Cc1cc2c(c(-c3cccc(CN)c3)c1)CCN(C)C2. The smallest absolute Gasteiger partial charge is 0.0233 e. The molecule has 2 aromatic rings. The van der Waals surface area contributed by atoms with E-state index in [-0.39, 0.29) is 0 Å². The third-order valence-corrected chi connectivity index (χ3v) is 4.14. The summed E-state index contributed by atoms with van der Waals surface area (Å²) in [6, 6.07) is 13.3. The molecular weight excluding hydrogens is 244 g/mol. The van der Waals surface area contributed by atoms with Gasteiger partial charge in [-0.2, -0.15) is 0 Å². The van der Waals surface area contributed by atoms with Gasteiger partial charge in [-0.15, -0.1) is 0 Å². The van der Waals surface area contributed by atoms with Crippen LogP contribution in [0.25, 0.3) is 11.1 Å². The zero-order valence-electron chi connectivity index (χ0n) is 12.3. The first-order valence-corrected chi connectivity index (χ1v) is 7.27. The van der Waals surface area contributed by atoms with Crippen LogP contribution < -0.4 is 5.73 Å². The summed E-state index contributed by atoms with van der Waals surface area (Å²) in [6.45, 7) is 4.98. The molecule has 2 N–H and O–H groups in total. The number of hydrogen-bond acceptors (Lipinski definition) is 2. The average Bonchev–Trinajstić information content (AvgIpc) is 2.46. The van der Waals surface area contributed by atoms with Crippen LogP contribution in [-0.4, -0.2) is 18.5 Å². The molecule has 0 bridgehead atoms. The molecule has 0 aliphatic carbocycles. The van der Waals surface area contributed by atoms with Crippen LogP contribution in [-0.2, 0) is 19.5 Å². The fourth-order valence-corrected chi connectivity index (χ4v) is 3.12. The molecule has 0 saturated heterocycles. The topological polar surface area (TPSA) is 29.3 Å². The first kappa shape index (κ1) is 13.3. The quantitative estimate of drug-likeness (QED) is 0.905. The molecule has 0 atom stereocenters. The third-order valence-electron chi connectivity index (χ3n) is 4.14. The molecule has 0 radical (unpaired) electrons. The Labute approximate surface area is 121 Å². The molecular formula is C18H22N2. The average molecular weight is 266 g/mol. The largest absolute Gasteiger partial charge is 0.326 e. The van der Waals surface area contributed by atoms with Crippen molar-refractivity contribution in [3.05, 3.63) is 58.7 Å². The summed E-state index contributed by atoms with van der Waals surface area (Å²) < 4.78 is 0. The number of aryl methyl sites for hydroxylation is 1. The summed E-state index contributed by atoms with van der Waals surface area (Å²) in [5.74, 6) is 0. The number of benzene rings is 2. The molecule has 2 aromatic carbocycles. The van der Waals surface area contributed by atoms with Crippen LogP contribution in [0.15, 0.2) is 36.4 Å². The minimum Gasteiger partial charge on any atom is -0.326 e. The van der Waals surface area contributed by atoms with E-state index in [2.05, 4.69) is 55.3 Å². The van der Waals surface area contributed by atoms with Crippen LogP contribution >= 0.6 is 0 Å². The molecule has 1 heterocycles. The summed E-state index contributed by atoms with van der Waals surface area (Å²) in [7, 11) is 2.19. The third kappa shape index (κ3) is 2.49. The van der Waals surface area contributed by atoms with E-state index in [1.165, 1.54) is 33.4 Å². The lowest BCUT2D eigenvalue weighted by Crippen LogP contribution is -2.27. The minimum absolute atomic E-state index is 0.602. The number of nitrogens with two attached hydrogens (primary N) is 1. The highest BCUT2D eigenvalue weighted by atomic mass is 15.1. The van der Waals surface area contributed by atoms with Gasteiger partial charge in [0, 0.05) is 19.6 Å². The van der Waals surface area contributed by atoms with Crippen molar-refractivity contribution in [2.75, 3.05) is 13.6 Å². The molecule has 0 aromatic heterocycles. The van der Waals surface area contributed by atoms with E-state index >= 15 is 0 Å². The van der Waals surface area contributed by atoms with Crippen molar-refractivity contribution in [1.82, 2.24) is 4.90 Å². The normalized spacial score (nSPS) is 15.2. The predicted octanol–water partition coefficient (Wildman–Crippen LogP) is 3.11. The van der Waals surface area contributed by atoms with Crippen LogP contribution in [0.5, 0.6) is 0 Å². The number of rotatable bonds is 2. The van der Waals surface area contributed by atoms with E-state index in [0.717, 1.165) is 19.5 Å². The lowest BCUT2D eigenvalue weighted by molar-refractivity contribution is 0.313. The van der Waals surface area contributed by atoms with Gasteiger partial charge in [-0.3, -0.25) is 0 Å². The number of nitrogens with zero attached hydrogens (tertiary/aromatic N) is 1. The molecule has 3 rings (SSSR count). The Bertz CT molecular complexity index is 631. The van der Waals surface area contributed by atoms with Crippen molar-refractivity contribution in [3.63, 3.8) is 0 Å². The maximum absolute atomic E-state index is 5.78. The van der Waals surface area contributed by atoms with Gasteiger partial charge in [0.15, 0.2) is 0 Å². The van der Waals surface area contributed by atoms with Gasteiger partial charge in [0.2, 0.25) is 0 Å². The fourth-order valence-electron chi connectivity index (χ4n) is 3.12. The molecule has 0 amide bonds. The predicted molar refractivity (Wildman–Crippen MR) is 84.5 cm³/mol. The summed E-state index contributed by atoms with van der Waals surface area (Å²) in [5.41, 5.74) is 14.0. The number of hydrogen-bond donors (Lipinski definition) is 1. The Kier molecular flexibility index (Phi) is 3.60. The standard InChI is InChI=1S/C18H22N2/c1-13-8-16-12-20(2)7-6-17(16)18(9-13)15-5-3-4-14(10-15)11-19/h3-5,8-10H,6-7,11-12,19H2,1-2H3. The number of likely N-dealkylation sites (N-methyl/N-ethyl adjacent to an activating group) is 1. The molecule has 2 heteroatoms. The van der Waals surface area contributed by atoms with Gasteiger partial charge in [0.25, 0.3) is 0 Å². The highest BCUT2D eigenvalue weighted by Gasteiger charge is 2.17.